The molecule has 3 aromatic heterocycles. The van der Waals surface area contributed by atoms with E-state index in [4.69, 9.17) is 4.42 Å². The highest BCUT2D eigenvalue weighted by molar-refractivity contribution is 5.95. The fourth-order valence-electron chi connectivity index (χ4n) is 2.26. The summed E-state index contributed by atoms with van der Waals surface area (Å²) in [6.07, 6.45) is 6.51. The molecule has 0 N–H and O–H groups in total. The zero-order chi connectivity index (χ0) is 15.5. The third kappa shape index (κ3) is 2.63. The van der Waals surface area contributed by atoms with Gasteiger partial charge in [0.25, 0.3) is 5.91 Å². The van der Waals surface area contributed by atoms with E-state index >= 15 is 0 Å². The van der Waals surface area contributed by atoms with Gasteiger partial charge < -0.3 is 9.32 Å². The van der Waals surface area contributed by atoms with Crippen LogP contribution in [0, 0.1) is 6.92 Å². The van der Waals surface area contributed by atoms with Gasteiger partial charge in [0, 0.05) is 25.4 Å². The predicted molar refractivity (Wildman–Crippen MR) is 80.6 cm³/mol. The van der Waals surface area contributed by atoms with Crippen molar-refractivity contribution in [1.29, 1.82) is 0 Å². The minimum absolute atomic E-state index is 0.0825. The molecule has 0 bridgehead atoms. The molecule has 6 heteroatoms. The van der Waals surface area contributed by atoms with Crippen molar-refractivity contribution in [1.82, 2.24) is 19.7 Å². The highest BCUT2D eigenvalue weighted by Gasteiger charge is 2.19. The molecule has 0 fully saturated rings. The van der Waals surface area contributed by atoms with Crippen molar-refractivity contribution in [3.63, 3.8) is 0 Å². The maximum absolute atomic E-state index is 12.6. The second kappa shape index (κ2) is 5.85. The second-order valence-corrected chi connectivity index (χ2v) is 5.04. The molecule has 3 rings (SSSR count). The van der Waals surface area contributed by atoms with Crippen LogP contribution in [0.3, 0.4) is 0 Å². The fourth-order valence-corrected chi connectivity index (χ4v) is 2.26. The van der Waals surface area contributed by atoms with Gasteiger partial charge in [0.15, 0.2) is 5.82 Å². The van der Waals surface area contributed by atoms with E-state index in [2.05, 4.69) is 10.1 Å². The Morgan fingerprint density at radius 3 is 2.91 bits per heavy atom. The predicted octanol–water partition coefficient (Wildman–Crippen LogP) is 2.44. The van der Waals surface area contributed by atoms with Crippen LogP contribution in [-0.2, 0) is 6.54 Å². The SMILES string of the molecule is Cc1c(C(=O)N(C)Cc2ccoc2)cnn1-c1ccccn1. The molecular formula is C16H16N4O2. The van der Waals surface area contributed by atoms with Crippen LogP contribution in [0.25, 0.3) is 5.82 Å². The zero-order valence-corrected chi connectivity index (χ0v) is 12.4. The summed E-state index contributed by atoms with van der Waals surface area (Å²) in [6, 6.07) is 7.42. The molecule has 0 aliphatic rings. The van der Waals surface area contributed by atoms with Gasteiger partial charge >= 0.3 is 0 Å². The number of hydrogen-bond acceptors (Lipinski definition) is 4. The summed E-state index contributed by atoms with van der Waals surface area (Å²) < 4.78 is 6.69. The van der Waals surface area contributed by atoms with E-state index in [0.29, 0.717) is 17.9 Å². The van der Waals surface area contributed by atoms with Gasteiger partial charge in [-0.2, -0.15) is 5.10 Å². The minimum atomic E-state index is -0.0825. The molecule has 0 spiro atoms. The first-order chi connectivity index (χ1) is 10.7. The molecule has 22 heavy (non-hydrogen) atoms. The van der Waals surface area contributed by atoms with E-state index in [-0.39, 0.29) is 5.91 Å². The molecule has 0 aliphatic carbocycles. The van der Waals surface area contributed by atoms with Crippen LogP contribution in [0.4, 0.5) is 0 Å². The molecule has 0 unspecified atom stereocenters. The summed E-state index contributed by atoms with van der Waals surface area (Å²) in [5.74, 6) is 0.609. The first-order valence-electron chi connectivity index (χ1n) is 6.89. The number of rotatable bonds is 4. The molecule has 1 amide bonds. The number of aromatic nitrogens is 3. The summed E-state index contributed by atoms with van der Waals surface area (Å²) in [5.41, 5.74) is 2.28. The lowest BCUT2D eigenvalue weighted by Gasteiger charge is -2.15. The van der Waals surface area contributed by atoms with Crippen molar-refractivity contribution < 1.29 is 9.21 Å². The van der Waals surface area contributed by atoms with E-state index in [9.17, 15) is 4.79 Å². The van der Waals surface area contributed by atoms with Crippen molar-refractivity contribution in [2.24, 2.45) is 0 Å². The molecule has 0 saturated heterocycles. The van der Waals surface area contributed by atoms with Gasteiger partial charge in [0.1, 0.15) is 0 Å². The van der Waals surface area contributed by atoms with Crippen molar-refractivity contribution in [3.8, 4) is 5.82 Å². The van der Waals surface area contributed by atoms with E-state index in [1.165, 1.54) is 0 Å². The number of nitrogens with zero attached hydrogens (tertiary/aromatic N) is 4. The number of furan rings is 1. The smallest absolute Gasteiger partial charge is 0.257 e. The summed E-state index contributed by atoms with van der Waals surface area (Å²) in [5, 5.41) is 4.27. The van der Waals surface area contributed by atoms with Crippen LogP contribution in [0.1, 0.15) is 21.6 Å². The molecule has 0 atom stereocenters. The van der Waals surface area contributed by atoms with Crippen molar-refractivity contribution in [3.05, 3.63) is 66.0 Å². The Hall–Kier alpha value is -2.89. The topological polar surface area (TPSA) is 64.2 Å². The Labute approximate surface area is 128 Å². The van der Waals surface area contributed by atoms with Crippen molar-refractivity contribution in [2.45, 2.75) is 13.5 Å². The molecular weight excluding hydrogens is 280 g/mol. The highest BCUT2D eigenvalue weighted by atomic mass is 16.3. The Kier molecular flexibility index (Phi) is 3.74. The maximum atomic E-state index is 12.6. The summed E-state index contributed by atoms with van der Waals surface area (Å²) >= 11 is 0. The number of pyridine rings is 1. The van der Waals surface area contributed by atoms with Crippen LogP contribution in [0.5, 0.6) is 0 Å². The Balaban J connectivity index is 1.83. The van der Waals surface area contributed by atoms with Crippen LogP contribution in [-0.4, -0.2) is 32.6 Å². The molecule has 6 nitrogen and oxygen atoms in total. The van der Waals surface area contributed by atoms with Crippen LogP contribution in [0.15, 0.2) is 53.6 Å². The minimum Gasteiger partial charge on any atom is -0.472 e. The lowest BCUT2D eigenvalue weighted by molar-refractivity contribution is 0.0784. The zero-order valence-electron chi connectivity index (χ0n) is 12.4. The van der Waals surface area contributed by atoms with Crippen molar-refractivity contribution in [2.75, 3.05) is 7.05 Å². The molecule has 0 aromatic carbocycles. The standard InChI is InChI=1S/C16H16N4O2/c1-12-14(9-18-20(12)15-5-3-4-7-17-15)16(21)19(2)10-13-6-8-22-11-13/h3-9,11H,10H2,1-2H3. The Morgan fingerprint density at radius 1 is 1.36 bits per heavy atom. The van der Waals surface area contributed by atoms with Gasteiger partial charge in [0.05, 0.1) is 30.0 Å². The molecule has 0 radical (unpaired) electrons. The lowest BCUT2D eigenvalue weighted by atomic mass is 10.2. The number of carbonyl (C=O) groups is 1. The number of carbonyl (C=O) groups excluding carboxylic acids is 1. The van der Waals surface area contributed by atoms with Gasteiger partial charge in [0.2, 0.25) is 0 Å². The maximum Gasteiger partial charge on any atom is 0.257 e. The van der Waals surface area contributed by atoms with Crippen LogP contribution in [0.2, 0.25) is 0 Å². The third-order valence-electron chi connectivity index (χ3n) is 3.45. The van der Waals surface area contributed by atoms with Gasteiger partial charge in [-0.25, -0.2) is 9.67 Å². The summed E-state index contributed by atoms with van der Waals surface area (Å²) in [7, 11) is 1.76. The second-order valence-electron chi connectivity index (χ2n) is 5.04. The van der Waals surface area contributed by atoms with Crippen LogP contribution < -0.4 is 0 Å². The third-order valence-corrected chi connectivity index (χ3v) is 3.45. The first-order valence-corrected chi connectivity index (χ1v) is 6.89. The highest BCUT2D eigenvalue weighted by Crippen LogP contribution is 2.15. The quantitative estimate of drug-likeness (QED) is 0.742. The average molecular weight is 296 g/mol. The molecule has 112 valence electrons. The average Bonchev–Trinajstić information content (AvgIpc) is 3.17. The van der Waals surface area contributed by atoms with Gasteiger partial charge in [-0.1, -0.05) is 6.07 Å². The number of amides is 1. The summed E-state index contributed by atoms with van der Waals surface area (Å²) in [4.78, 5) is 18.4. The van der Waals surface area contributed by atoms with Crippen LogP contribution >= 0.6 is 0 Å². The van der Waals surface area contributed by atoms with E-state index in [1.54, 1.807) is 41.5 Å². The molecule has 0 saturated carbocycles. The first kappa shape index (κ1) is 14.1. The monoisotopic (exact) mass is 296 g/mol. The van der Waals surface area contributed by atoms with Gasteiger partial charge in [-0.05, 0) is 25.1 Å². The lowest BCUT2D eigenvalue weighted by Crippen LogP contribution is -2.26. The van der Waals surface area contributed by atoms with Gasteiger partial charge in [-0.3, -0.25) is 4.79 Å². The van der Waals surface area contributed by atoms with E-state index in [1.807, 2.05) is 31.2 Å². The summed E-state index contributed by atoms with van der Waals surface area (Å²) in [6.45, 7) is 2.35. The van der Waals surface area contributed by atoms with E-state index < -0.39 is 0 Å². The fraction of sp³-hybridized carbons (Fsp3) is 0.188. The Bertz CT molecular complexity index is 763. The Morgan fingerprint density at radius 2 is 2.23 bits per heavy atom. The molecule has 3 heterocycles. The van der Waals surface area contributed by atoms with Crippen molar-refractivity contribution >= 4 is 5.91 Å². The molecule has 3 aromatic rings. The largest absolute Gasteiger partial charge is 0.472 e. The normalized spacial score (nSPS) is 10.6. The molecule has 0 aliphatic heterocycles. The number of hydrogen-bond donors (Lipinski definition) is 0. The van der Waals surface area contributed by atoms with E-state index in [0.717, 1.165) is 11.3 Å². The van der Waals surface area contributed by atoms with Gasteiger partial charge in [-0.15, -0.1) is 0 Å².